The quantitative estimate of drug-likeness (QED) is 0.0561. The molecule has 45 heavy (non-hydrogen) atoms. The van der Waals surface area contributed by atoms with Gasteiger partial charge in [0.1, 0.15) is 24.9 Å². The van der Waals surface area contributed by atoms with Crippen molar-refractivity contribution in [2.75, 3.05) is 13.2 Å². The summed E-state index contributed by atoms with van der Waals surface area (Å²) in [4.78, 5) is 0. The lowest BCUT2D eigenvalue weighted by molar-refractivity contribution is -0.190. The van der Waals surface area contributed by atoms with E-state index >= 15 is 0 Å². The molecule has 0 saturated carbocycles. The van der Waals surface area contributed by atoms with Crippen LogP contribution in [0.4, 0.5) is 0 Å². The third kappa shape index (κ3) is 24.5. The Morgan fingerprint density at radius 3 is 1.29 bits per heavy atom. The second kappa shape index (κ2) is 31.0. The number of hydrogen-bond acceptors (Lipinski definition) is 7. The zero-order valence-corrected chi connectivity index (χ0v) is 31.1. The lowest BCUT2D eigenvalue weighted by Gasteiger charge is -2.37. The molecule has 1 rings (SSSR count). The van der Waals surface area contributed by atoms with Crippen LogP contribution in [0.1, 0.15) is 194 Å². The largest absolute Gasteiger partial charge is 0.484 e. The van der Waals surface area contributed by atoms with Gasteiger partial charge in [0.05, 0.1) is 6.61 Å². The van der Waals surface area contributed by atoms with E-state index in [0.717, 1.165) is 25.7 Å². The Morgan fingerprint density at radius 1 is 0.533 bits per heavy atom. The molecule has 0 aromatic rings. The Hall–Kier alpha value is -0.340. The fraction of sp³-hybridized carbons (Fsp3) is 0.947. The number of ether oxygens (including phenoxy) is 3. The molecule has 1 aliphatic heterocycles. The summed E-state index contributed by atoms with van der Waals surface area (Å²) in [6.07, 6.45) is 32.2. The monoisotopic (exact) mass is 672 g/mol. The van der Waals surface area contributed by atoms with Gasteiger partial charge in [-0.25, -0.2) is 0 Å². The van der Waals surface area contributed by atoms with E-state index in [-0.39, 0.29) is 13.2 Å². The van der Waals surface area contributed by atoms with E-state index in [2.05, 4.69) is 13.8 Å². The summed E-state index contributed by atoms with van der Waals surface area (Å²) in [7, 11) is 0. The fourth-order valence-electron chi connectivity index (χ4n) is 6.16. The van der Waals surface area contributed by atoms with Gasteiger partial charge in [-0.1, -0.05) is 168 Å². The zero-order valence-electron chi connectivity index (χ0n) is 29.5. The molecule has 0 aromatic carbocycles. The molecule has 5 nitrogen and oxygen atoms in total. The minimum absolute atomic E-state index is 0.144. The van der Waals surface area contributed by atoms with E-state index in [1.54, 1.807) is 0 Å². The molecule has 266 valence electrons. The summed E-state index contributed by atoms with van der Waals surface area (Å²) in [5.41, 5.74) is 0. The maximum absolute atomic E-state index is 10.6. The first-order valence-corrected chi connectivity index (χ1v) is 20.1. The van der Waals surface area contributed by atoms with Crippen LogP contribution in [0.5, 0.6) is 0 Å². The van der Waals surface area contributed by atoms with Crippen LogP contribution >= 0.6 is 24.4 Å². The van der Waals surface area contributed by atoms with E-state index < -0.39 is 24.4 Å². The third-order valence-corrected chi connectivity index (χ3v) is 9.87. The molecule has 0 spiro atoms. The summed E-state index contributed by atoms with van der Waals surface area (Å²) in [5, 5.41) is 22.3. The number of aliphatic hydroxyl groups is 2. The molecule has 0 radical (unpaired) electrons. The van der Waals surface area contributed by atoms with Gasteiger partial charge >= 0.3 is 0 Å². The maximum atomic E-state index is 10.6. The first kappa shape index (κ1) is 42.7. The molecule has 4 atom stereocenters. The van der Waals surface area contributed by atoms with Crippen molar-refractivity contribution >= 4 is 34.5 Å². The molecule has 0 unspecified atom stereocenters. The summed E-state index contributed by atoms with van der Waals surface area (Å²) in [6, 6.07) is 0. The van der Waals surface area contributed by atoms with Crippen molar-refractivity contribution in [3.8, 4) is 0 Å². The van der Waals surface area contributed by atoms with Crippen molar-refractivity contribution in [1.82, 2.24) is 0 Å². The maximum Gasteiger partial charge on any atom is 0.160 e. The molecule has 1 saturated heterocycles. The van der Waals surface area contributed by atoms with Crippen LogP contribution in [-0.2, 0) is 14.2 Å². The molecule has 1 heterocycles. The van der Waals surface area contributed by atoms with Crippen molar-refractivity contribution in [3.05, 3.63) is 0 Å². The molecule has 0 bridgehead atoms. The van der Waals surface area contributed by atoms with Gasteiger partial charge in [-0.15, -0.1) is 0 Å². The van der Waals surface area contributed by atoms with Gasteiger partial charge in [0, 0.05) is 12.8 Å². The highest BCUT2D eigenvalue weighted by Crippen LogP contribution is 2.21. The Morgan fingerprint density at radius 2 is 0.889 bits per heavy atom. The topological polar surface area (TPSA) is 68.2 Å². The van der Waals surface area contributed by atoms with Crippen LogP contribution in [0, 0.1) is 0 Å². The Balaban J connectivity index is 1.99. The van der Waals surface area contributed by atoms with Gasteiger partial charge in [0.25, 0.3) is 0 Å². The van der Waals surface area contributed by atoms with Gasteiger partial charge in [0.2, 0.25) is 0 Å². The first-order valence-electron chi connectivity index (χ1n) is 19.3. The first-order chi connectivity index (χ1) is 22.0. The Labute approximate surface area is 289 Å². The smallest absolute Gasteiger partial charge is 0.160 e. The van der Waals surface area contributed by atoms with E-state index in [0.29, 0.717) is 16.5 Å². The molecule has 7 heteroatoms. The molecule has 0 amide bonds. The van der Waals surface area contributed by atoms with E-state index in [9.17, 15) is 10.2 Å². The lowest BCUT2D eigenvalue weighted by atomic mass is 10.0. The summed E-state index contributed by atoms with van der Waals surface area (Å²) < 4.78 is 17.3. The van der Waals surface area contributed by atoms with Gasteiger partial charge in [0.15, 0.2) is 16.2 Å². The normalized spacial score (nSPS) is 19.9. The lowest BCUT2D eigenvalue weighted by Crippen LogP contribution is -2.55. The average molecular weight is 673 g/mol. The average Bonchev–Trinajstić information content (AvgIpc) is 3.03. The van der Waals surface area contributed by atoms with Gasteiger partial charge in [-0.3, -0.25) is 0 Å². The highest BCUT2D eigenvalue weighted by atomic mass is 32.1. The molecule has 2 N–H and O–H groups in total. The van der Waals surface area contributed by atoms with Crippen LogP contribution in [-0.4, -0.2) is 57.9 Å². The standard InChI is InChI=1S/C38H72O5S2/c1-3-5-7-9-11-13-15-17-19-21-23-25-27-29-35(44)42-31-33-37(39)38(40)34(32-41-33)43-36(45)30-28-26-24-22-20-18-16-14-12-10-8-6-4-2/h33-34,37-40H,3-32H2,1-2H3/t33-,34+,37-,38-/m0/s1. The fourth-order valence-corrected chi connectivity index (χ4v) is 6.64. The van der Waals surface area contributed by atoms with Crippen molar-refractivity contribution in [1.29, 1.82) is 0 Å². The van der Waals surface area contributed by atoms with E-state index in [1.165, 1.54) is 148 Å². The highest BCUT2D eigenvalue weighted by molar-refractivity contribution is 7.80. The minimum atomic E-state index is -1.10. The minimum Gasteiger partial charge on any atom is -0.484 e. The van der Waals surface area contributed by atoms with Gasteiger partial charge in [-0.05, 0) is 37.3 Å². The summed E-state index contributed by atoms with van der Waals surface area (Å²) in [6.45, 7) is 4.86. The Kier molecular flexibility index (Phi) is 29.4. The number of aliphatic hydroxyl groups excluding tert-OH is 2. The third-order valence-electron chi connectivity index (χ3n) is 9.25. The van der Waals surface area contributed by atoms with E-state index in [4.69, 9.17) is 38.6 Å². The summed E-state index contributed by atoms with van der Waals surface area (Å²) in [5.74, 6) is 0. The van der Waals surface area contributed by atoms with Crippen LogP contribution in [0.25, 0.3) is 0 Å². The van der Waals surface area contributed by atoms with Crippen LogP contribution in [0.15, 0.2) is 0 Å². The van der Waals surface area contributed by atoms with Crippen LogP contribution in [0.3, 0.4) is 0 Å². The van der Waals surface area contributed by atoms with Crippen LogP contribution in [0.2, 0.25) is 0 Å². The number of unbranched alkanes of at least 4 members (excludes halogenated alkanes) is 24. The second-order valence-corrected chi connectivity index (χ2v) is 14.5. The van der Waals surface area contributed by atoms with E-state index in [1.807, 2.05) is 0 Å². The zero-order chi connectivity index (χ0) is 32.8. The molecular formula is C38H72O5S2. The van der Waals surface area contributed by atoms with Gasteiger partial charge in [-0.2, -0.15) is 0 Å². The van der Waals surface area contributed by atoms with Gasteiger partial charge < -0.3 is 24.4 Å². The predicted octanol–water partition coefficient (Wildman–Crippen LogP) is 11.1. The SMILES string of the molecule is CCCCCCCCCCCCCCCC(=S)OC[C@@H]1OC[C@@H](OC(=S)CCCCCCCCCCCCCCC)[C@H](O)[C@H]1O. The number of thiocarbonyl (C=S) groups is 2. The van der Waals surface area contributed by atoms with Crippen LogP contribution < -0.4 is 0 Å². The molecule has 0 aliphatic carbocycles. The van der Waals surface area contributed by atoms with Crippen molar-refractivity contribution in [2.45, 2.75) is 218 Å². The van der Waals surface area contributed by atoms with Crippen molar-refractivity contribution < 1.29 is 24.4 Å². The Bertz CT molecular complexity index is 689. The predicted molar refractivity (Wildman–Crippen MR) is 198 cm³/mol. The molecule has 1 aliphatic rings. The van der Waals surface area contributed by atoms with Crippen molar-refractivity contribution in [3.63, 3.8) is 0 Å². The number of rotatable bonds is 31. The second-order valence-electron chi connectivity index (χ2n) is 13.5. The summed E-state index contributed by atoms with van der Waals surface area (Å²) >= 11 is 10.8. The number of hydrogen-bond donors (Lipinski definition) is 2. The molecular weight excluding hydrogens is 601 g/mol. The molecule has 0 aromatic heterocycles. The van der Waals surface area contributed by atoms with Crippen molar-refractivity contribution in [2.24, 2.45) is 0 Å². The molecule has 1 fully saturated rings. The highest BCUT2D eigenvalue weighted by Gasteiger charge is 2.40.